The summed E-state index contributed by atoms with van der Waals surface area (Å²) in [7, 11) is 0. The molecule has 1 heteroatoms. The average Bonchev–Trinajstić information content (AvgIpc) is 2.71. The van der Waals surface area contributed by atoms with Gasteiger partial charge < -0.3 is 0 Å². The van der Waals surface area contributed by atoms with Gasteiger partial charge >= 0.3 is 0 Å². The summed E-state index contributed by atoms with van der Waals surface area (Å²) in [5.41, 5.74) is 4.67. The van der Waals surface area contributed by atoms with Crippen molar-refractivity contribution in [3.05, 3.63) is 58.7 Å². The van der Waals surface area contributed by atoms with Crippen LogP contribution in [-0.2, 0) is 0 Å². The van der Waals surface area contributed by atoms with E-state index in [2.05, 4.69) is 11.8 Å². The number of carbonyl (C=O) groups excluding carboxylic acids is 1. The summed E-state index contributed by atoms with van der Waals surface area (Å²) in [5, 5.41) is 0. The summed E-state index contributed by atoms with van der Waals surface area (Å²) < 4.78 is 0. The molecule has 3 rings (SSSR count). The third-order valence-corrected chi connectivity index (χ3v) is 3.15. The maximum atomic E-state index is 12.2. The molecule has 0 spiro atoms. The molecule has 82 valence electrons. The molecule has 0 aliphatic heterocycles. The van der Waals surface area contributed by atoms with Gasteiger partial charge in [0, 0.05) is 22.3 Å². The molecule has 0 bridgehead atoms. The van der Waals surface area contributed by atoms with Crippen LogP contribution < -0.4 is 0 Å². The molecule has 0 unspecified atom stereocenters. The van der Waals surface area contributed by atoms with Gasteiger partial charge in [0.15, 0.2) is 5.78 Å². The predicted molar refractivity (Wildman–Crippen MR) is 71.2 cm³/mol. The minimum Gasteiger partial charge on any atom is -0.289 e. The number of fused-ring (bicyclic) bond motifs is 3. The van der Waals surface area contributed by atoms with Crippen molar-refractivity contribution in [3.63, 3.8) is 0 Å². The molecular formula is C17H8O. The highest BCUT2D eigenvalue weighted by Gasteiger charge is 2.26. The fraction of sp³-hybridized carbons (Fsp3) is 0. The smallest absolute Gasteiger partial charge is 0.194 e. The van der Waals surface area contributed by atoms with Crippen molar-refractivity contribution in [3.8, 4) is 35.8 Å². The Labute approximate surface area is 105 Å². The van der Waals surface area contributed by atoms with Gasteiger partial charge in [0.05, 0.1) is 0 Å². The van der Waals surface area contributed by atoms with Gasteiger partial charge in [-0.25, -0.2) is 0 Å². The van der Waals surface area contributed by atoms with Gasteiger partial charge in [-0.2, -0.15) is 0 Å². The van der Waals surface area contributed by atoms with E-state index >= 15 is 0 Å². The predicted octanol–water partition coefficient (Wildman–Crippen LogP) is 2.86. The maximum absolute atomic E-state index is 12.2. The molecule has 0 fully saturated rings. The highest BCUT2D eigenvalue weighted by molar-refractivity contribution is 6.21. The first-order valence-electron chi connectivity index (χ1n) is 5.51. The monoisotopic (exact) mass is 228 g/mol. The second-order valence-electron chi connectivity index (χ2n) is 4.14. The van der Waals surface area contributed by atoms with Crippen LogP contribution in [0.1, 0.15) is 27.0 Å². The molecule has 0 saturated heterocycles. The summed E-state index contributed by atoms with van der Waals surface area (Å²) in [4.78, 5) is 12.2. The van der Waals surface area contributed by atoms with Crippen LogP contribution in [-0.4, -0.2) is 5.78 Å². The Hall–Kier alpha value is -2.77. The first-order chi connectivity index (χ1) is 8.74. The van der Waals surface area contributed by atoms with E-state index in [1.165, 1.54) is 0 Å². The minimum atomic E-state index is 0.0344. The fourth-order valence-electron chi connectivity index (χ4n) is 2.25. The van der Waals surface area contributed by atoms with Crippen molar-refractivity contribution in [2.75, 3.05) is 0 Å². The molecule has 0 amide bonds. The standard InChI is InChI=1S/C17H8O/c1-3-11-5-7-13-15(9-11)16-10-12(4-2)6-8-14(16)17(13)18/h1-2,5-10H. The van der Waals surface area contributed by atoms with E-state index in [0.29, 0.717) is 11.1 Å². The lowest BCUT2D eigenvalue weighted by Crippen LogP contribution is -1.94. The van der Waals surface area contributed by atoms with E-state index in [-0.39, 0.29) is 5.78 Å². The molecule has 2 aromatic carbocycles. The van der Waals surface area contributed by atoms with Crippen LogP contribution in [0.2, 0.25) is 0 Å². The zero-order valence-corrected chi connectivity index (χ0v) is 9.53. The molecule has 0 aromatic heterocycles. The normalized spacial score (nSPS) is 11.3. The van der Waals surface area contributed by atoms with Crippen molar-refractivity contribution in [1.29, 1.82) is 0 Å². The third-order valence-electron chi connectivity index (χ3n) is 3.15. The molecule has 2 aromatic rings. The van der Waals surface area contributed by atoms with Crippen LogP contribution in [0.5, 0.6) is 0 Å². The summed E-state index contributed by atoms with van der Waals surface area (Å²) in [6.45, 7) is 0. The molecule has 0 saturated carbocycles. The number of hydrogen-bond donors (Lipinski definition) is 0. The summed E-state index contributed by atoms with van der Waals surface area (Å²) in [5.74, 6) is 5.19. The first kappa shape index (κ1) is 10.4. The minimum absolute atomic E-state index is 0.0344. The average molecular weight is 228 g/mol. The van der Waals surface area contributed by atoms with Crippen molar-refractivity contribution in [2.45, 2.75) is 0 Å². The summed E-state index contributed by atoms with van der Waals surface area (Å²) in [6.07, 6.45) is 10.8. The highest BCUT2D eigenvalue weighted by atomic mass is 16.1. The van der Waals surface area contributed by atoms with Crippen molar-refractivity contribution >= 4 is 5.78 Å². The van der Waals surface area contributed by atoms with Crippen molar-refractivity contribution < 1.29 is 4.79 Å². The Bertz CT molecular complexity index is 702. The molecule has 0 atom stereocenters. The van der Waals surface area contributed by atoms with Gasteiger partial charge in [0.1, 0.15) is 0 Å². The Morgan fingerprint density at radius 1 is 0.722 bits per heavy atom. The van der Waals surface area contributed by atoms with Crippen LogP contribution in [0.3, 0.4) is 0 Å². The molecule has 0 heterocycles. The van der Waals surface area contributed by atoms with Crippen LogP contribution >= 0.6 is 0 Å². The quantitative estimate of drug-likeness (QED) is 0.541. The summed E-state index contributed by atoms with van der Waals surface area (Å²) >= 11 is 0. The van der Waals surface area contributed by atoms with E-state index < -0.39 is 0 Å². The lowest BCUT2D eigenvalue weighted by atomic mass is 10.0. The molecule has 18 heavy (non-hydrogen) atoms. The van der Waals surface area contributed by atoms with Gasteiger partial charge in [0.25, 0.3) is 0 Å². The summed E-state index contributed by atoms with van der Waals surface area (Å²) in [6, 6.07) is 10.8. The van der Waals surface area contributed by atoms with Crippen molar-refractivity contribution in [2.24, 2.45) is 0 Å². The van der Waals surface area contributed by atoms with Crippen LogP contribution in [0.25, 0.3) is 11.1 Å². The first-order valence-corrected chi connectivity index (χ1v) is 5.51. The van der Waals surface area contributed by atoms with Gasteiger partial charge in [-0.1, -0.05) is 11.8 Å². The molecule has 0 N–H and O–H groups in total. The van der Waals surface area contributed by atoms with E-state index in [0.717, 1.165) is 22.3 Å². The molecule has 1 aliphatic rings. The van der Waals surface area contributed by atoms with Gasteiger partial charge in [-0.3, -0.25) is 4.79 Å². The van der Waals surface area contributed by atoms with E-state index in [9.17, 15) is 4.79 Å². The Balaban J connectivity index is 2.34. The van der Waals surface area contributed by atoms with Crippen LogP contribution in [0.4, 0.5) is 0 Å². The van der Waals surface area contributed by atoms with Crippen LogP contribution in [0.15, 0.2) is 36.4 Å². The van der Waals surface area contributed by atoms with E-state index in [1.807, 2.05) is 12.1 Å². The number of terminal acetylenes is 2. The zero-order valence-electron chi connectivity index (χ0n) is 9.53. The number of benzene rings is 2. The van der Waals surface area contributed by atoms with Gasteiger partial charge in [0.2, 0.25) is 0 Å². The molecule has 0 radical (unpaired) electrons. The van der Waals surface area contributed by atoms with Gasteiger partial charge in [-0.05, 0) is 47.5 Å². The maximum Gasteiger partial charge on any atom is 0.194 e. The molecular weight excluding hydrogens is 220 g/mol. The van der Waals surface area contributed by atoms with E-state index in [1.54, 1.807) is 24.3 Å². The fourth-order valence-corrected chi connectivity index (χ4v) is 2.25. The van der Waals surface area contributed by atoms with Crippen LogP contribution in [0, 0.1) is 24.7 Å². The highest BCUT2D eigenvalue weighted by Crippen LogP contribution is 2.37. The molecule has 1 aliphatic carbocycles. The Kier molecular flexibility index (Phi) is 2.09. The lowest BCUT2D eigenvalue weighted by molar-refractivity contribution is 0.104. The second kappa shape index (κ2) is 3.62. The molecule has 1 nitrogen and oxygen atoms in total. The number of rotatable bonds is 0. The van der Waals surface area contributed by atoms with Gasteiger partial charge in [-0.15, -0.1) is 12.8 Å². The Morgan fingerprint density at radius 3 is 1.56 bits per heavy atom. The number of ketones is 1. The zero-order chi connectivity index (χ0) is 12.7. The number of hydrogen-bond acceptors (Lipinski definition) is 1. The SMILES string of the molecule is C#Cc1ccc2c(c1)-c1cc(C#C)ccc1C2=O. The largest absolute Gasteiger partial charge is 0.289 e. The van der Waals surface area contributed by atoms with E-state index in [4.69, 9.17) is 12.8 Å². The second-order valence-corrected chi connectivity index (χ2v) is 4.14. The topological polar surface area (TPSA) is 17.1 Å². The Morgan fingerprint density at radius 2 is 1.17 bits per heavy atom. The lowest BCUT2D eigenvalue weighted by Gasteiger charge is -2.01. The number of carbonyl (C=O) groups is 1. The third kappa shape index (κ3) is 1.29. The van der Waals surface area contributed by atoms with Crippen molar-refractivity contribution in [1.82, 2.24) is 0 Å².